The van der Waals surface area contributed by atoms with Crippen molar-refractivity contribution in [2.75, 3.05) is 11.9 Å². The van der Waals surface area contributed by atoms with Crippen LogP contribution >= 0.6 is 23.8 Å². The zero-order valence-corrected chi connectivity index (χ0v) is 20.9. The predicted octanol–water partition coefficient (Wildman–Crippen LogP) is 6.65. The van der Waals surface area contributed by atoms with Crippen LogP contribution in [0.5, 0.6) is 0 Å². The Morgan fingerprint density at radius 3 is 2.43 bits per heavy atom. The topological polar surface area (TPSA) is 28.5 Å². The molecule has 176 valence electrons. The SMILES string of the molecule is CCc1cccc2c(/C=C3/C(=O)N(c4ccc(Cl)cc4)C(=S)N3C)cn(Cc3ccc(F)cc3)c12. The third-order valence-corrected chi connectivity index (χ3v) is 7.01. The van der Waals surface area contributed by atoms with Gasteiger partial charge in [-0.05, 0) is 72.2 Å². The summed E-state index contributed by atoms with van der Waals surface area (Å²) in [6.45, 7) is 2.72. The first-order valence-electron chi connectivity index (χ1n) is 11.3. The predicted molar refractivity (Wildman–Crippen MR) is 144 cm³/mol. The van der Waals surface area contributed by atoms with Crippen molar-refractivity contribution in [3.8, 4) is 0 Å². The molecule has 4 nitrogen and oxygen atoms in total. The highest BCUT2D eigenvalue weighted by molar-refractivity contribution is 7.80. The lowest BCUT2D eigenvalue weighted by molar-refractivity contribution is -0.114. The summed E-state index contributed by atoms with van der Waals surface area (Å²) in [6.07, 6.45) is 4.82. The van der Waals surface area contributed by atoms with Crippen LogP contribution in [0.4, 0.5) is 10.1 Å². The molecule has 35 heavy (non-hydrogen) atoms. The number of carbonyl (C=O) groups is 1. The average molecular weight is 504 g/mol. The molecule has 1 amide bonds. The van der Waals surface area contributed by atoms with E-state index in [2.05, 4.69) is 29.8 Å². The molecule has 1 aliphatic heterocycles. The van der Waals surface area contributed by atoms with Crippen LogP contribution in [0.2, 0.25) is 5.02 Å². The molecule has 0 unspecified atom stereocenters. The Morgan fingerprint density at radius 2 is 1.74 bits per heavy atom. The number of benzene rings is 3. The number of amides is 1. The van der Waals surface area contributed by atoms with Crippen molar-refractivity contribution in [2.45, 2.75) is 19.9 Å². The third-order valence-electron chi connectivity index (χ3n) is 6.30. The summed E-state index contributed by atoms with van der Waals surface area (Å²) in [5.41, 5.74) is 5.40. The summed E-state index contributed by atoms with van der Waals surface area (Å²) in [5, 5.41) is 2.06. The molecule has 3 aromatic carbocycles. The maximum absolute atomic E-state index is 13.5. The van der Waals surface area contributed by atoms with Gasteiger partial charge >= 0.3 is 0 Å². The lowest BCUT2D eigenvalue weighted by atomic mass is 10.1. The molecule has 1 aromatic heterocycles. The lowest BCUT2D eigenvalue weighted by Crippen LogP contribution is -2.31. The first kappa shape index (κ1) is 23.3. The zero-order valence-electron chi connectivity index (χ0n) is 19.3. The Labute approximate surface area is 213 Å². The molecule has 1 fully saturated rings. The highest BCUT2D eigenvalue weighted by atomic mass is 35.5. The number of hydrogen-bond acceptors (Lipinski definition) is 2. The third kappa shape index (κ3) is 4.24. The monoisotopic (exact) mass is 503 g/mol. The number of para-hydroxylation sites is 1. The van der Waals surface area contributed by atoms with Crippen LogP contribution in [0, 0.1) is 5.82 Å². The van der Waals surface area contributed by atoms with E-state index in [0.717, 1.165) is 28.5 Å². The quantitative estimate of drug-likeness (QED) is 0.225. The number of likely N-dealkylation sites (N-methyl/N-ethyl adjacent to an activating group) is 1. The number of anilines is 1. The number of aryl methyl sites for hydroxylation is 1. The van der Waals surface area contributed by atoms with Crippen LogP contribution in [-0.4, -0.2) is 27.5 Å². The van der Waals surface area contributed by atoms with E-state index in [1.54, 1.807) is 48.3 Å². The fourth-order valence-electron chi connectivity index (χ4n) is 4.50. The number of halogens is 2. The van der Waals surface area contributed by atoms with Crippen molar-refractivity contribution in [1.29, 1.82) is 0 Å². The summed E-state index contributed by atoms with van der Waals surface area (Å²) >= 11 is 11.6. The van der Waals surface area contributed by atoms with Gasteiger partial charge in [0, 0.05) is 35.8 Å². The van der Waals surface area contributed by atoms with E-state index >= 15 is 0 Å². The molecular formula is C28H23ClFN3OS. The maximum Gasteiger partial charge on any atom is 0.281 e. The van der Waals surface area contributed by atoms with E-state index < -0.39 is 0 Å². The lowest BCUT2D eigenvalue weighted by Gasteiger charge is -2.16. The standard InChI is InChI=1S/C28H23ClFN3OS/c1-3-19-5-4-6-24-20(17-32(26(19)24)16-18-7-11-22(30)12-8-18)15-25-27(34)33(28(35)31(25)2)23-13-9-21(29)10-14-23/h4-15,17H,3,16H2,1-2H3/b25-15-. The van der Waals surface area contributed by atoms with Crippen LogP contribution < -0.4 is 4.90 Å². The largest absolute Gasteiger partial charge is 0.342 e. The molecule has 0 atom stereocenters. The van der Waals surface area contributed by atoms with Crippen LogP contribution in [0.3, 0.4) is 0 Å². The van der Waals surface area contributed by atoms with Gasteiger partial charge in [0.2, 0.25) is 0 Å². The zero-order chi connectivity index (χ0) is 24.7. The van der Waals surface area contributed by atoms with E-state index in [9.17, 15) is 9.18 Å². The second kappa shape index (κ2) is 9.29. The summed E-state index contributed by atoms with van der Waals surface area (Å²) < 4.78 is 15.6. The van der Waals surface area contributed by atoms with Crippen molar-refractivity contribution in [3.05, 3.63) is 106 Å². The average Bonchev–Trinajstić information content (AvgIpc) is 3.31. The molecule has 2 heterocycles. The molecule has 0 aliphatic carbocycles. The minimum Gasteiger partial charge on any atom is -0.342 e. The van der Waals surface area contributed by atoms with Gasteiger partial charge in [-0.1, -0.05) is 48.9 Å². The summed E-state index contributed by atoms with van der Waals surface area (Å²) in [7, 11) is 1.80. The fraction of sp³-hybridized carbons (Fsp3) is 0.143. The van der Waals surface area contributed by atoms with E-state index in [0.29, 0.717) is 28.1 Å². The smallest absolute Gasteiger partial charge is 0.281 e. The molecule has 0 bridgehead atoms. The Morgan fingerprint density at radius 1 is 1.03 bits per heavy atom. The van der Waals surface area contributed by atoms with E-state index in [-0.39, 0.29) is 11.7 Å². The molecule has 7 heteroatoms. The summed E-state index contributed by atoms with van der Waals surface area (Å²) in [6, 6.07) is 19.8. The molecule has 1 saturated heterocycles. The number of aromatic nitrogens is 1. The Kier molecular flexibility index (Phi) is 6.17. The van der Waals surface area contributed by atoms with Crippen molar-refractivity contribution in [2.24, 2.45) is 0 Å². The van der Waals surface area contributed by atoms with E-state index in [1.807, 2.05) is 12.1 Å². The molecule has 0 radical (unpaired) electrons. The van der Waals surface area contributed by atoms with Gasteiger partial charge in [0.15, 0.2) is 5.11 Å². The highest BCUT2D eigenvalue weighted by Crippen LogP contribution is 2.32. The van der Waals surface area contributed by atoms with Crippen molar-refractivity contribution in [1.82, 2.24) is 9.47 Å². The highest BCUT2D eigenvalue weighted by Gasteiger charge is 2.37. The van der Waals surface area contributed by atoms with Crippen molar-refractivity contribution < 1.29 is 9.18 Å². The van der Waals surface area contributed by atoms with Gasteiger partial charge in [-0.15, -0.1) is 0 Å². The van der Waals surface area contributed by atoms with Gasteiger partial charge < -0.3 is 9.47 Å². The Hall–Kier alpha value is -3.48. The Balaban J connectivity index is 1.59. The second-order valence-electron chi connectivity index (χ2n) is 8.49. The first-order valence-corrected chi connectivity index (χ1v) is 12.1. The van der Waals surface area contributed by atoms with Gasteiger partial charge in [-0.3, -0.25) is 9.69 Å². The van der Waals surface area contributed by atoms with Gasteiger partial charge in [0.05, 0.1) is 11.2 Å². The van der Waals surface area contributed by atoms with Gasteiger partial charge in [-0.25, -0.2) is 4.39 Å². The second-order valence-corrected chi connectivity index (χ2v) is 9.30. The fourth-order valence-corrected chi connectivity index (χ4v) is 4.91. The van der Waals surface area contributed by atoms with Crippen molar-refractivity contribution >= 4 is 57.5 Å². The van der Waals surface area contributed by atoms with Gasteiger partial charge in [-0.2, -0.15) is 0 Å². The first-order chi connectivity index (χ1) is 16.9. The normalized spacial score (nSPS) is 15.1. The number of hydrogen-bond donors (Lipinski definition) is 0. The Bertz CT molecular complexity index is 1470. The van der Waals surface area contributed by atoms with Crippen LogP contribution in [0.25, 0.3) is 17.0 Å². The van der Waals surface area contributed by atoms with E-state index in [1.165, 1.54) is 22.6 Å². The number of fused-ring (bicyclic) bond motifs is 1. The van der Waals surface area contributed by atoms with Gasteiger partial charge in [0.1, 0.15) is 11.5 Å². The van der Waals surface area contributed by atoms with Gasteiger partial charge in [0.25, 0.3) is 5.91 Å². The van der Waals surface area contributed by atoms with Crippen molar-refractivity contribution in [3.63, 3.8) is 0 Å². The summed E-state index contributed by atoms with van der Waals surface area (Å²) in [5.74, 6) is -0.444. The van der Waals surface area contributed by atoms with Crippen LogP contribution in [0.1, 0.15) is 23.6 Å². The molecular weight excluding hydrogens is 481 g/mol. The maximum atomic E-state index is 13.5. The number of carbonyl (C=O) groups excluding carboxylic acids is 1. The van der Waals surface area contributed by atoms with E-state index in [4.69, 9.17) is 23.8 Å². The minimum absolute atomic E-state index is 0.189. The molecule has 5 rings (SSSR count). The number of rotatable bonds is 5. The number of thiocarbonyl (C=S) groups is 1. The minimum atomic E-state index is -0.255. The molecule has 0 saturated carbocycles. The molecule has 0 N–H and O–H groups in total. The molecule has 4 aromatic rings. The summed E-state index contributed by atoms with van der Waals surface area (Å²) in [4.78, 5) is 16.7. The molecule has 0 spiro atoms. The molecule has 1 aliphatic rings. The van der Waals surface area contributed by atoms with Crippen LogP contribution in [0.15, 0.2) is 78.6 Å². The number of nitrogens with zero attached hydrogens (tertiary/aromatic N) is 3. The van der Waals surface area contributed by atoms with Crippen LogP contribution in [-0.2, 0) is 17.8 Å².